The van der Waals surface area contributed by atoms with Gasteiger partial charge in [-0.1, -0.05) is 25.1 Å². The monoisotopic (exact) mass is 351 g/mol. The second-order valence-corrected chi connectivity index (χ2v) is 5.64. The molecule has 2 rings (SSSR count). The van der Waals surface area contributed by atoms with Crippen molar-refractivity contribution < 1.29 is 13.6 Å². The molecule has 0 unspecified atom stereocenters. The molecule has 0 aliphatic heterocycles. The number of halogens is 2. The fraction of sp³-hybridized carbons (Fsp3) is 0.471. The van der Waals surface area contributed by atoms with Gasteiger partial charge in [0.15, 0.2) is 5.69 Å². The van der Waals surface area contributed by atoms with E-state index in [9.17, 15) is 13.6 Å². The molecule has 1 N–H and O–H groups in total. The Morgan fingerprint density at radius 2 is 1.92 bits per heavy atom. The van der Waals surface area contributed by atoms with Gasteiger partial charge in [0.1, 0.15) is 11.6 Å². The quantitative estimate of drug-likeness (QED) is 0.703. The lowest BCUT2D eigenvalue weighted by atomic mass is 10.2. The van der Waals surface area contributed by atoms with Crippen molar-refractivity contribution in [2.75, 3.05) is 26.2 Å². The van der Waals surface area contributed by atoms with Gasteiger partial charge >= 0.3 is 0 Å². The zero-order valence-corrected chi connectivity index (χ0v) is 14.5. The largest absolute Gasteiger partial charge is 0.351 e. The van der Waals surface area contributed by atoms with Crippen LogP contribution in [0.2, 0.25) is 0 Å². The Bertz CT molecular complexity index is 680. The summed E-state index contributed by atoms with van der Waals surface area (Å²) in [4.78, 5) is 14.3. The number of hydrogen-bond acceptors (Lipinski definition) is 4. The molecule has 1 amide bonds. The van der Waals surface area contributed by atoms with Crippen LogP contribution in [0.5, 0.6) is 0 Å². The van der Waals surface area contributed by atoms with E-state index in [2.05, 4.69) is 34.4 Å². The molecular weight excluding hydrogens is 328 g/mol. The third-order valence-corrected chi connectivity index (χ3v) is 3.98. The summed E-state index contributed by atoms with van der Waals surface area (Å²) in [6.45, 7) is 7.46. The summed E-state index contributed by atoms with van der Waals surface area (Å²) in [7, 11) is 0. The molecule has 1 heterocycles. The highest BCUT2D eigenvalue weighted by Crippen LogP contribution is 2.13. The lowest BCUT2D eigenvalue weighted by molar-refractivity contribution is 0.0946. The Kier molecular flexibility index (Phi) is 7.00. The summed E-state index contributed by atoms with van der Waals surface area (Å²) in [5.41, 5.74) is 0.0122. The lowest BCUT2D eigenvalue weighted by Crippen LogP contribution is -2.30. The summed E-state index contributed by atoms with van der Waals surface area (Å²) in [5, 5.41) is 10.3. The minimum Gasteiger partial charge on any atom is -0.351 e. The Hall–Kier alpha value is -2.35. The molecule has 0 spiro atoms. The van der Waals surface area contributed by atoms with Crippen LogP contribution >= 0.6 is 0 Å². The zero-order chi connectivity index (χ0) is 18.2. The molecule has 8 heteroatoms. The lowest BCUT2D eigenvalue weighted by Gasteiger charge is -2.17. The Morgan fingerprint density at radius 1 is 1.24 bits per heavy atom. The molecule has 0 aliphatic rings. The first kappa shape index (κ1) is 19.0. The van der Waals surface area contributed by atoms with Crippen LogP contribution in [0.4, 0.5) is 8.78 Å². The molecule has 1 aromatic heterocycles. The molecule has 1 aromatic carbocycles. The standard InChI is InChI=1S/C17H23F2N5O/c1-3-23(4-2)10-6-9-20-17(25)16-12-24(22-21-16)11-13-14(18)7-5-8-15(13)19/h5,7-8,12H,3-4,6,9-11H2,1-2H3,(H,20,25). The number of nitrogens with one attached hydrogen (secondary N) is 1. The summed E-state index contributed by atoms with van der Waals surface area (Å²) in [5.74, 6) is -1.66. The third kappa shape index (κ3) is 5.32. The maximum atomic E-state index is 13.6. The second kappa shape index (κ2) is 9.22. The SMILES string of the molecule is CCN(CC)CCCNC(=O)c1cn(Cc2c(F)cccc2F)nn1. The average molecular weight is 351 g/mol. The number of amides is 1. The maximum Gasteiger partial charge on any atom is 0.273 e. The van der Waals surface area contributed by atoms with Gasteiger partial charge in [-0.25, -0.2) is 13.5 Å². The van der Waals surface area contributed by atoms with Crippen LogP contribution in [-0.4, -0.2) is 52.0 Å². The van der Waals surface area contributed by atoms with Crippen molar-refractivity contribution in [3.05, 3.63) is 47.3 Å². The predicted molar refractivity (Wildman–Crippen MR) is 90.2 cm³/mol. The van der Waals surface area contributed by atoms with Crippen molar-refractivity contribution >= 4 is 5.91 Å². The zero-order valence-electron chi connectivity index (χ0n) is 14.5. The summed E-state index contributed by atoms with van der Waals surface area (Å²) >= 11 is 0. The number of hydrogen-bond donors (Lipinski definition) is 1. The van der Waals surface area contributed by atoms with Crippen LogP contribution in [0.1, 0.15) is 36.3 Å². The van der Waals surface area contributed by atoms with Crippen LogP contribution in [-0.2, 0) is 6.54 Å². The predicted octanol–water partition coefficient (Wildman–Crippen LogP) is 2.07. The summed E-state index contributed by atoms with van der Waals surface area (Å²) in [6.07, 6.45) is 2.22. The Morgan fingerprint density at radius 3 is 2.56 bits per heavy atom. The van der Waals surface area contributed by atoms with Gasteiger partial charge in [0, 0.05) is 12.1 Å². The molecule has 0 radical (unpaired) electrons. The molecule has 0 saturated carbocycles. The van der Waals surface area contributed by atoms with Gasteiger partial charge in [0.05, 0.1) is 12.7 Å². The molecule has 0 aliphatic carbocycles. The first-order valence-corrected chi connectivity index (χ1v) is 8.38. The number of aromatic nitrogens is 3. The van der Waals surface area contributed by atoms with Gasteiger partial charge in [-0.05, 0) is 38.2 Å². The molecule has 0 atom stereocenters. The smallest absolute Gasteiger partial charge is 0.273 e. The van der Waals surface area contributed by atoms with Crippen molar-refractivity contribution in [3.63, 3.8) is 0 Å². The third-order valence-electron chi connectivity index (χ3n) is 3.98. The van der Waals surface area contributed by atoms with Gasteiger partial charge in [-0.3, -0.25) is 4.79 Å². The normalized spacial score (nSPS) is 11.1. The first-order chi connectivity index (χ1) is 12.0. The van der Waals surface area contributed by atoms with Crippen molar-refractivity contribution in [3.8, 4) is 0 Å². The summed E-state index contributed by atoms with van der Waals surface area (Å²) < 4.78 is 28.5. The van der Waals surface area contributed by atoms with Crippen molar-refractivity contribution in [1.29, 1.82) is 0 Å². The summed E-state index contributed by atoms with van der Waals surface area (Å²) in [6, 6.07) is 3.66. The van der Waals surface area contributed by atoms with Crippen LogP contribution in [0.25, 0.3) is 0 Å². The second-order valence-electron chi connectivity index (χ2n) is 5.64. The van der Waals surface area contributed by atoms with Gasteiger partial charge in [-0.15, -0.1) is 5.10 Å². The van der Waals surface area contributed by atoms with E-state index in [-0.39, 0.29) is 23.7 Å². The van der Waals surface area contributed by atoms with Gasteiger partial charge < -0.3 is 10.2 Å². The van der Waals surface area contributed by atoms with Crippen molar-refractivity contribution in [2.45, 2.75) is 26.8 Å². The van der Waals surface area contributed by atoms with Crippen molar-refractivity contribution in [2.24, 2.45) is 0 Å². The number of benzene rings is 1. The molecule has 0 saturated heterocycles. The molecule has 136 valence electrons. The molecule has 2 aromatic rings. The number of carbonyl (C=O) groups is 1. The number of nitrogens with zero attached hydrogens (tertiary/aromatic N) is 4. The Labute approximate surface area is 145 Å². The highest BCUT2D eigenvalue weighted by molar-refractivity contribution is 5.91. The van der Waals surface area contributed by atoms with E-state index < -0.39 is 11.6 Å². The van der Waals surface area contributed by atoms with E-state index >= 15 is 0 Å². The fourth-order valence-electron chi connectivity index (χ4n) is 2.46. The van der Waals surface area contributed by atoms with E-state index in [4.69, 9.17) is 0 Å². The molecule has 0 bridgehead atoms. The Balaban J connectivity index is 1.87. The number of carbonyl (C=O) groups excluding carboxylic acids is 1. The highest BCUT2D eigenvalue weighted by atomic mass is 19.1. The first-order valence-electron chi connectivity index (χ1n) is 8.38. The van der Waals surface area contributed by atoms with Crippen LogP contribution in [0.15, 0.2) is 24.4 Å². The highest BCUT2D eigenvalue weighted by Gasteiger charge is 2.13. The van der Waals surface area contributed by atoms with E-state index in [0.717, 1.165) is 26.1 Å². The minimum atomic E-state index is -0.655. The van der Waals surface area contributed by atoms with Gasteiger partial charge in [-0.2, -0.15) is 0 Å². The van der Waals surface area contributed by atoms with Crippen molar-refractivity contribution in [1.82, 2.24) is 25.2 Å². The van der Waals surface area contributed by atoms with Crippen LogP contribution in [0.3, 0.4) is 0 Å². The fourth-order valence-corrected chi connectivity index (χ4v) is 2.46. The maximum absolute atomic E-state index is 13.6. The average Bonchev–Trinajstić information content (AvgIpc) is 3.07. The number of rotatable bonds is 9. The van der Waals surface area contributed by atoms with Crippen LogP contribution in [0, 0.1) is 11.6 Å². The van der Waals surface area contributed by atoms with E-state index in [1.165, 1.54) is 29.1 Å². The topological polar surface area (TPSA) is 63.1 Å². The van der Waals surface area contributed by atoms with Crippen LogP contribution < -0.4 is 5.32 Å². The van der Waals surface area contributed by atoms with Gasteiger partial charge in [0.2, 0.25) is 0 Å². The molecule has 0 fully saturated rings. The van der Waals surface area contributed by atoms with E-state index in [1.54, 1.807) is 0 Å². The minimum absolute atomic E-state index is 0.112. The van der Waals surface area contributed by atoms with E-state index in [0.29, 0.717) is 6.54 Å². The molecule has 25 heavy (non-hydrogen) atoms. The molecule has 6 nitrogen and oxygen atoms in total. The van der Waals surface area contributed by atoms with Gasteiger partial charge in [0.25, 0.3) is 5.91 Å². The molecular formula is C17H23F2N5O. The van der Waals surface area contributed by atoms with E-state index in [1.807, 2.05) is 0 Å².